The van der Waals surface area contributed by atoms with Crippen LogP contribution in [0.15, 0.2) is 48.5 Å². The Balaban J connectivity index is 1.34. The Labute approximate surface area is 221 Å². The summed E-state index contributed by atoms with van der Waals surface area (Å²) < 4.78 is 16.6. The van der Waals surface area contributed by atoms with Gasteiger partial charge in [0.15, 0.2) is 0 Å². The molecule has 6 heteroatoms. The highest BCUT2D eigenvalue weighted by Gasteiger charge is 2.42. The lowest BCUT2D eigenvalue weighted by Crippen LogP contribution is -2.45. The van der Waals surface area contributed by atoms with Gasteiger partial charge in [-0.2, -0.15) is 0 Å². The second-order valence-electron chi connectivity index (χ2n) is 10.5. The predicted molar refractivity (Wildman–Crippen MR) is 143 cm³/mol. The Morgan fingerprint density at radius 2 is 1.86 bits per heavy atom. The van der Waals surface area contributed by atoms with Crippen LogP contribution in [0, 0.1) is 11.3 Å². The van der Waals surface area contributed by atoms with Crippen LogP contribution in [-0.4, -0.2) is 38.7 Å². The quantitative estimate of drug-likeness (QED) is 0.290. The topological polar surface area (TPSA) is 73.9 Å². The van der Waals surface area contributed by atoms with Gasteiger partial charge in [0.25, 0.3) is 0 Å². The lowest BCUT2D eigenvalue weighted by atomic mass is 9.68. The van der Waals surface area contributed by atoms with Crippen LogP contribution < -0.4 is 10.1 Å². The number of esters is 1. The lowest BCUT2D eigenvalue weighted by molar-refractivity contribution is -0.153. The van der Waals surface area contributed by atoms with Crippen molar-refractivity contribution >= 4 is 11.9 Å². The number of benzene rings is 2. The maximum atomic E-state index is 13.6. The molecular formula is C31H41NO5. The summed E-state index contributed by atoms with van der Waals surface area (Å²) in [5.41, 5.74) is 3.01. The van der Waals surface area contributed by atoms with E-state index in [0.717, 1.165) is 69.3 Å². The van der Waals surface area contributed by atoms with E-state index in [1.165, 1.54) is 11.1 Å². The molecule has 37 heavy (non-hydrogen) atoms. The third-order valence-electron chi connectivity index (χ3n) is 7.84. The minimum atomic E-state index is -0.521. The standard InChI is InChI=1S/C31H41NO5/c1-35-19-14-27(29(33)37-23-25-9-4-2-5-10-25)22-31(16-6-3-7-17-31)30(34)32-18-8-11-24-12-13-28-26(21-24)15-20-36-28/h2,4-5,9-10,12-13,21,27H,3,6-8,11,14-20,22-23H2,1H3,(H,32,34). The number of nitrogens with one attached hydrogen (secondary N) is 1. The molecule has 0 spiro atoms. The molecule has 6 nitrogen and oxygen atoms in total. The average molecular weight is 508 g/mol. The average Bonchev–Trinajstić information content (AvgIpc) is 3.41. The van der Waals surface area contributed by atoms with Crippen LogP contribution in [0.2, 0.25) is 0 Å². The Morgan fingerprint density at radius 3 is 2.65 bits per heavy atom. The maximum Gasteiger partial charge on any atom is 0.309 e. The van der Waals surface area contributed by atoms with E-state index in [1.54, 1.807) is 7.11 Å². The van der Waals surface area contributed by atoms with E-state index in [4.69, 9.17) is 14.2 Å². The van der Waals surface area contributed by atoms with Crippen molar-refractivity contribution < 1.29 is 23.8 Å². The summed E-state index contributed by atoms with van der Waals surface area (Å²) in [4.78, 5) is 26.7. The zero-order chi connectivity index (χ0) is 25.9. The maximum absolute atomic E-state index is 13.6. The number of amides is 1. The summed E-state index contributed by atoms with van der Waals surface area (Å²) in [5, 5.41) is 3.23. The van der Waals surface area contributed by atoms with Crippen molar-refractivity contribution in [3.63, 3.8) is 0 Å². The van der Waals surface area contributed by atoms with E-state index in [0.29, 0.717) is 26.0 Å². The first kappa shape index (κ1) is 27.2. The van der Waals surface area contributed by atoms with Gasteiger partial charge in [-0.25, -0.2) is 0 Å². The molecule has 2 aromatic rings. The van der Waals surface area contributed by atoms with Crippen LogP contribution in [-0.2, 0) is 38.5 Å². The predicted octanol–water partition coefficient (Wildman–Crippen LogP) is 5.41. The van der Waals surface area contributed by atoms with Crippen molar-refractivity contribution in [3.05, 3.63) is 65.2 Å². The molecule has 2 aliphatic rings. The first-order valence-electron chi connectivity index (χ1n) is 13.8. The fraction of sp³-hybridized carbons (Fsp3) is 0.548. The zero-order valence-electron chi connectivity index (χ0n) is 22.1. The van der Waals surface area contributed by atoms with Gasteiger partial charge in [-0.15, -0.1) is 0 Å². The molecule has 1 atom stereocenters. The first-order valence-corrected chi connectivity index (χ1v) is 13.8. The van der Waals surface area contributed by atoms with Gasteiger partial charge in [-0.1, -0.05) is 61.7 Å². The number of aryl methyl sites for hydroxylation is 1. The van der Waals surface area contributed by atoms with Crippen molar-refractivity contribution in [2.24, 2.45) is 11.3 Å². The normalized spacial score (nSPS) is 16.9. The van der Waals surface area contributed by atoms with Crippen LogP contribution >= 0.6 is 0 Å². The van der Waals surface area contributed by atoms with Gasteiger partial charge in [-0.3, -0.25) is 9.59 Å². The highest BCUT2D eigenvalue weighted by atomic mass is 16.5. The van der Waals surface area contributed by atoms with Crippen LogP contribution in [0.3, 0.4) is 0 Å². The molecule has 0 bridgehead atoms. The molecule has 1 amide bonds. The number of carbonyl (C=O) groups is 2. The van der Waals surface area contributed by atoms with E-state index in [-0.39, 0.29) is 24.4 Å². The molecular weight excluding hydrogens is 466 g/mol. The summed E-state index contributed by atoms with van der Waals surface area (Å²) in [7, 11) is 1.64. The highest BCUT2D eigenvalue weighted by Crippen LogP contribution is 2.43. The van der Waals surface area contributed by atoms with Crippen molar-refractivity contribution in [1.29, 1.82) is 0 Å². The van der Waals surface area contributed by atoms with Crippen molar-refractivity contribution in [1.82, 2.24) is 5.32 Å². The van der Waals surface area contributed by atoms with E-state index in [2.05, 4.69) is 23.5 Å². The molecule has 1 N–H and O–H groups in total. The Bertz CT molecular complexity index is 1020. The molecule has 0 aromatic heterocycles. The SMILES string of the molecule is COCCC(CC1(C(=O)NCCCc2ccc3c(c2)CCO3)CCCCC1)C(=O)OCc1ccccc1. The fourth-order valence-corrected chi connectivity index (χ4v) is 5.71. The van der Waals surface area contributed by atoms with E-state index < -0.39 is 5.41 Å². The molecule has 2 aromatic carbocycles. The fourth-order valence-electron chi connectivity index (χ4n) is 5.71. The summed E-state index contributed by atoms with van der Waals surface area (Å²) in [6.07, 6.45) is 8.65. The summed E-state index contributed by atoms with van der Waals surface area (Å²) in [6.45, 7) is 2.11. The van der Waals surface area contributed by atoms with Gasteiger partial charge in [0.2, 0.25) is 5.91 Å². The van der Waals surface area contributed by atoms with Crippen molar-refractivity contribution in [2.75, 3.05) is 26.9 Å². The molecule has 0 radical (unpaired) electrons. The molecule has 1 unspecified atom stereocenters. The van der Waals surface area contributed by atoms with Crippen molar-refractivity contribution in [2.45, 2.75) is 70.8 Å². The highest BCUT2D eigenvalue weighted by molar-refractivity contribution is 5.84. The molecule has 4 rings (SSSR count). The minimum Gasteiger partial charge on any atom is -0.493 e. The number of hydrogen-bond acceptors (Lipinski definition) is 5. The lowest BCUT2D eigenvalue weighted by Gasteiger charge is -2.38. The molecule has 0 saturated heterocycles. The number of rotatable bonds is 13. The van der Waals surface area contributed by atoms with Crippen LogP contribution in [0.25, 0.3) is 0 Å². The number of carbonyl (C=O) groups excluding carboxylic acids is 2. The van der Waals surface area contributed by atoms with Crippen LogP contribution in [0.5, 0.6) is 5.75 Å². The summed E-state index contributed by atoms with van der Waals surface area (Å²) >= 11 is 0. The van der Waals surface area contributed by atoms with Gasteiger partial charge in [-0.05, 0) is 61.3 Å². The first-order chi connectivity index (χ1) is 18.1. The van der Waals surface area contributed by atoms with Gasteiger partial charge in [0, 0.05) is 32.1 Å². The van der Waals surface area contributed by atoms with Crippen LogP contribution in [0.4, 0.5) is 0 Å². The van der Waals surface area contributed by atoms with Gasteiger partial charge >= 0.3 is 5.97 Å². The van der Waals surface area contributed by atoms with Crippen LogP contribution in [0.1, 0.15) is 68.1 Å². The summed E-state index contributed by atoms with van der Waals surface area (Å²) in [5.74, 6) is 0.495. The second-order valence-corrected chi connectivity index (χ2v) is 10.5. The van der Waals surface area contributed by atoms with Gasteiger partial charge in [0.05, 0.1) is 12.5 Å². The molecule has 1 saturated carbocycles. The monoisotopic (exact) mass is 507 g/mol. The second kappa shape index (κ2) is 13.6. The smallest absolute Gasteiger partial charge is 0.309 e. The van der Waals surface area contributed by atoms with E-state index in [1.807, 2.05) is 30.3 Å². The molecule has 200 valence electrons. The number of ether oxygens (including phenoxy) is 3. The van der Waals surface area contributed by atoms with E-state index in [9.17, 15) is 9.59 Å². The van der Waals surface area contributed by atoms with Gasteiger partial charge < -0.3 is 19.5 Å². The molecule has 1 aliphatic heterocycles. The Hall–Kier alpha value is -2.86. The number of methoxy groups -OCH3 is 1. The van der Waals surface area contributed by atoms with E-state index >= 15 is 0 Å². The largest absolute Gasteiger partial charge is 0.493 e. The third-order valence-corrected chi connectivity index (χ3v) is 7.84. The number of fused-ring (bicyclic) bond motifs is 1. The van der Waals surface area contributed by atoms with Gasteiger partial charge in [0.1, 0.15) is 12.4 Å². The summed E-state index contributed by atoms with van der Waals surface area (Å²) in [6, 6.07) is 16.1. The molecule has 1 heterocycles. The van der Waals surface area contributed by atoms with Crippen molar-refractivity contribution in [3.8, 4) is 5.75 Å². The number of hydrogen-bond donors (Lipinski definition) is 1. The third kappa shape index (κ3) is 7.57. The zero-order valence-corrected chi connectivity index (χ0v) is 22.1. The Kier molecular flexibility index (Phi) is 10.0. The Morgan fingerprint density at radius 1 is 1.05 bits per heavy atom. The molecule has 1 fully saturated rings. The molecule has 1 aliphatic carbocycles. The minimum absolute atomic E-state index is 0.0906.